The minimum atomic E-state index is -1.14. The van der Waals surface area contributed by atoms with E-state index in [1.54, 1.807) is 4.90 Å². The van der Waals surface area contributed by atoms with Crippen LogP contribution in [0, 0.1) is 28.9 Å². The van der Waals surface area contributed by atoms with Gasteiger partial charge in [0.15, 0.2) is 11.6 Å². The number of hydrogen-bond donors (Lipinski definition) is 2. The van der Waals surface area contributed by atoms with Crippen LogP contribution in [0.5, 0.6) is 0 Å². The Labute approximate surface area is 204 Å². The zero-order chi connectivity index (χ0) is 25.6. The minimum Gasteiger partial charge on any atom is -0.481 e. The quantitative estimate of drug-likeness (QED) is 0.496. The highest BCUT2D eigenvalue weighted by Crippen LogP contribution is 2.46. The summed E-state index contributed by atoms with van der Waals surface area (Å²) in [6.45, 7) is 4.92. The van der Waals surface area contributed by atoms with E-state index in [2.05, 4.69) is 5.32 Å². The van der Waals surface area contributed by atoms with Crippen molar-refractivity contribution in [1.82, 2.24) is 10.2 Å². The van der Waals surface area contributed by atoms with Crippen molar-refractivity contribution in [2.45, 2.75) is 39.5 Å². The molecule has 0 bridgehead atoms. The first-order valence-electron chi connectivity index (χ1n) is 11.9. The summed E-state index contributed by atoms with van der Waals surface area (Å²) >= 11 is 0. The number of carbonyl (C=O) groups excluding carboxylic acids is 2. The number of carboxylic acid groups (broad SMARTS) is 1. The lowest BCUT2D eigenvalue weighted by Gasteiger charge is -2.35. The van der Waals surface area contributed by atoms with Gasteiger partial charge < -0.3 is 15.3 Å². The highest BCUT2D eigenvalue weighted by molar-refractivity contribution is 5.94. The first-order chi connectivity index (χ1) is 16.6. The molecule has 1 aliphatic heterocycles. The molecule has 0 radical (unpaired) electrons. The van der Waals surface area contributed by atoms with Crippen LogP contribution < -0.4 is 5.32 Å². The molecular weight excluding hydrogens is 454 g/mol. The molecular formula is C27H32F2N2O4. The predicted molar refractivity (Wildman–Crippen MR) is 128 cm³/mol. The Morgan fingerprint density at radius 2 is 1.83 bits per heavy atom. The maximum atomic E-state index is 13.6. The molecule has 1 fully saturated rings. The zero-order valence-corrected chi connectivity index (χ0v) is 20.1. The van der Waals surface area contributed by atoms with Crippen molar-refractivity contribution in [2.24, 2.45) is 17.3 Å². The molecule has 8 heteroatoms. The predicted octanol–water partition coefficient (Wildman–Crippen LogP) is 4.29. The SMILES string of the molecule is CC(C)CC1(C(CCNC(=O)c2ccc(F)c(F)c2)C(=O)O)CCN(CCc2ccccc2)C1=O. The fourth-order valence-electron chi connectivity index (χ4n) is 5.07. The average Bonchev–Trinajstić information content (AvgIpc) is 3.12. The van der Waals surface area contributed by atoms with Gasteiger partial charge in [-0.25, -0.2) is 8.78 Å². The van der Waals surface area contributed by atoms with Crippen LogP contribution in [-0.2, 0) is 16.0 Å². The molecule has 0 spiro atoms. The van der Waals surface area contributed by atoms with Crippen LogP contribution in [0.25, 0.3) is 0 Å². The van der Waals surface area contributed by atoms with Gasteiger partial charge in [0.25, 0.3) is 5.91 Å². The summed E-state index contributed by atoms with van der Waals surface area (Å²) in [4.78, 5) is 40.1. The van der Waals surface area contributed by atoms with Crippen LogP contribution in [0.15, 0.2) is 48.5 Å². The first kappa shape index (κ1) is 26.3. The molecule has 1 saturated heterocycles. The summed E-state index contributed by atoms with van der Waals surface area (Å²) in [6.07, 6.45) is 1.61. The van der Waals surface area contributed by atoms with Gasteiger partial charge in [0.05, 0.1) is 11.3 Å². The Kier molecular flexibility index (Phi) is 8.59. The number of hydrogen-bond acceptors (Lipinski definition) is 3. The molecule has 2 N–H and O–H groups in total. The number of halogens is 2. The molecule has 3 rings (SSSR count). The Balaban J connectivity index is 1.70. The summed E-state index contributed by atoms with van der Waals surface area (Å²) < 4.78 is 26.6. The van der Waals surface area contributed by atoms with Gasteiger partial charge in [0.1, 0.15) is 0 Å². The van der Waals surface area contributed by atoms with E-state index < -0.39 is 34.8 Å². The van der Waals surface area contributed by atoms with Crippen LogP contribution in [-0.4, -0.2) is 47.4 Å². The Morgan fingerprint density at radius 1 is 1.11 bits per heavy atom. The second-order valence-electron chi connectivity index (χ2n) is 9.60. The van der Waals surface area contributed by atoms with E-state index in [9.17, 15) is 28.3 Å². The van der Waals surface area contributed by atoms with Crippen molar-refractivity contribution in [3.63, 3.8) is 0 Å². The molecule has 35 heavy (non-hydrogen) atoms. The summed E-state index contributed by atoms with van der Waals surface area (Å²) in [5.41, 5.74) is -0.00303. The molecule has 6 nitrogen and oxygen atoms in total. The highest BCUT2D eigenvalue weighted by atomic mass is 19.2. The molecule has 2 amide bonds. The Morgan fingerprint density at radius 3 is 2.46 bits per heavy atom. The van der Waals surface area contributed by atoms with Crippen molar-refractivity contribution < 1.29 is 28.3 Å². The molecule has 0 aliphatic carbocycles. The van der Waals surface area contributed by atoms with Gasteiger partial charge >= 0.3 is 5.97 Å². The topological polar surface area (TPSA) is 86.7 Å². The molecule has 1 heterocycles. The number of carbonyl (C=O) groups is 3. The largest absolute Gasteiger partial charge is 0.481 e. The van der Waals surface area contributed by atoms with Crippen LogP contribution in [0.1, 0.15) is 49.0 Å². The third-order valence-electron chi connectivity index (χ3n) is 6.69. The highest BCUT2D eigenvalue weighted by Gasteiger charge is 2.54. The Hall–Kier alpha value is -3.29. The maximum Gasteiger partial charge on any atom is 0.307 e. The van der Waals surface area contributed by atoms with Crippen molar-refractivity contribution in [2.75, 3.05) is 19.6 Å². The third-order valence-corrected chi connectivity index (χ3v) is 6.69. The minimum absolute atomic E-state index is 0.00800. The fraction of sp³-hybridized carbons (Fsp3) is 0.444. The molecule has 2 unspecified atom stereocenters. The van der Waals surface area contributed by atoms with E-state index in [-0.39, 0.29) is 30.4 Å². The van der Waals surface area contributed by atoms with Gasteiger partial charge in [0, 0.05) is 25.2 Å². The average molecular weight is 487 g/mol. The van der Waals surface area contributed by atoms with Gasteiger partial charge in [-0.3, -0.25) is 14.4 Å². The van der Waals surface area contributed by atoms with Crippen LogP contribution in [0.4, 0.5) is 8.78 Å². The lowest BCUT2D eigenvalue weighted by molar-refractivity contribution is -0.155. The van der Waals surface area contributed by atoms with Crippen molar-refractivity contribution in [1.29, 1.82) is 0 Å². The lowest BCUT2D eigenvalue weighted by atomic mass is 9.67. The standard InChI is InChI=1S/C27H32F2N2O4/c1-18(2)17-27(12-15-31(26(27)35)14-11-19-6-4-3-5-7-19)21(25(33)34)10-13-30-24(32)20-8-9-22(28)23(29)16-20/h3-9,16,18,21H,10-15,17H2,1-2H3,(H,30,32)(H,33,34). The number of nitrogens with one attached hydrogen (secondary N) is 1. The maximum absolute atomic E-state index is 13.6. The zero-order valence-electron chi connectivity index (χ0n) is 20.1. The molecule has 2 atom stereocenters. The first-order valence-corrected chi connectivity index (χ1v) is 11.9. The molecule has 188 valence electrons. The molecule has 1 aliphatic rings. The molecule has 0 saturated carbocycles. The van der Waals surface area contributed by atoms with Gasteiger partial charge in [-0.1, -0.05) is 44.2 Å². The number of amides is 2. The summed E-state index contributed by atoms with van der Waals surface area (Å²) in [6, 6.07) is 12.6. The van der Waals surface area contributed by atoms with E-state index >= 15 is 0 Å². The van der Waals surface area contributed by atoms with E-state index in [1.165, 1.54) is 0 Å². The van der Waals surface area contributed by atoms with Crippen molar-refractivity contribution in [3.05, 3.63) is 71.3 Å². The van der Waals surface area contributed by atoms with Crippen LogP contribution >= 0.6 is 0 Å². The number of aliphatic carboxylic acids is 1. The lowest BCUT2D eigenvalue weighted by Crippen LogP contribution is -2.45. The molecule has 0 aromatic heterocycles. The monoisotopic (exact) mass is 486 g/mol. The van der Waals surface area contributed by atoms with E-state index in [4.69, 9.17) is 0 Å². The fourth-order valence-corrected chi connectivity index (χ4v) is 5.07. The van der Waals surface area contributed by atoms with Crippen LogP contribution in [0.3, 0.4) is 0 Å². The number of benzene rings is 2. The summed E-state index contributed by atoms with van der Waals surface area (Å²) in [5.74, 6) is -4.93. The van der Waals surface area contributed by atoms with Gasteiger partial charge in [0.2, 0.25) is 5.91 Å². The van der Waals surface area contributed by atoms with E-state index in [0.717, 1.165) is 23.8 Å². The van der Waals surface area contributed by atoms with E-state index in [1.807, 2.05) is 44.2 Å². The smallest absolute Gasteiger partial charge is 0.307 e. The molecule has 2 aromatic carbocycles. The summed E-state index contributed by atoms with van der Waals surface area (Å²) in [7, 11) is 0. The van der Waals surface area contributed by atoms with Gasteiger partial charge in [-0.2, -0.15) is 0 Å². The van der Waals surface area contributed by atoms with E-state index in [0.29, 0.717) is 32.4 Å². The molecule has 2 aromatic rings. The summed E-state index contributed by atoms with van der Waals surface area (Å²) in [5, 5.41) is 12.7. The number of likely N-dealkylation sites (tertiary alicyclic amines) is 1. The Bertz CT molecular complexity index is 1060. The second kappa shape index (κ2) is 11.4. The number of rotatable bonds is 11. The third kappa shape index (κ3) is 6.24. The number of carboxylic acids is 1. The normalized spacial score (nSPS) is 18.7. The van der Waals surface area contributed by atoms with Crippen molar-refractivity contribution in [3.8, 4) is 0 Å². The van der Waals surface area contributed by atoms with Crippen molar-refractivity contribution >= 4 is 17.8 Å². The van der Waals surface area contributed by atoms with Gasteiger partial charge in [-0.15, -0.1) is 0 Å². The second-order valence-corrected chi connectivity index (χ2v) is 9.60. The van der Waals surface area contributed by atoms with Crippen LogP contribution in [0.2, 0.25) is 0 Å². The number of nitrogens with zero attached hydrogens (tertiary/aromatic N) is 1. The van der Waals surface area contributed by atoms with Gasteiger partial charge in [-0.05, 0) is 55.4 Å².